The molecule has 1 rings (SSSR count). The Morgan fingerprint density at radius 3 is 2.92 bits per heavy atom. The molecule has 0 spiro atoms. The molecule has 4 heteroatoms. The van der Waals surface area contributed by atoms with Crippen LogP contribution < -0.4 is 5.63 Å². The van der Waals surface area contributed by atoms with E-state index in [-0.39, 0.29) is 5.63 Å². The molecule has 0 saturated heterocycles. The van der Waals surface area contributed by atoms with Crippen LogP contribution in [0.15, 0.2) is 19.8 Å². The van der Waals surface area contributed by atoms with Crippen molar-refractivity contribution >= 4 is 38.5 Å². The second kappa shape index (κ2) is 5.14. The van der Waals surface area contributed by atoms with Crippen molar-refractivity contribution in [1.29, 1.82) is 0 Å². The Hall–Kier alpha value is 0.160. The first-order valence-electron chi connectivity index (χ1n) is 4.13. The third-order valence-electron chi connectivity index (χ3n) is 1.69. The summed E-state index contributed by atoms with van der Waals surface area (Å²) in [7, 11) is 0. The van der Waals surface area contributed by atoms with Crippen LogP contribution in [0.4, 0.5) is 0 Å². The molecule has 0 atom stereocenters. The Balaban J connectivity index is 2.95. The second-order valence-electron chi connectivity index (χ2n) is 2.76. The topological polar surface area (TPSA) is 30.2 Å². The van der Waals surface area contributed by atoms with Gasteiger partial charge in [-0.25, -0.2) is 4.79 Å². The molecule has 0 N–H and O–H groups in total. The van der Waals surface area contributed by atoms with Crippen molar-refractivity contribution < 1.29 is 4.42 Å². The molecule has 0 aliphatic rings. The van der Waals surface area contributed by atoms with E-state index in [1.165, 1.54) is 0 Å². The fourth-order valence-corrected chi connectivity index (χ4v) is 2.40. The summed E-state index contributed by atoms with van der Waals surface area (Å²) in [4.78, 5) is 11.1. The zero-order valence-corrected chi connectivity index (χ0v) is 11.0. The molecule has 72 valence electrons. The van der Waals surface area contributed by atoms with Gasteiger partial charge in [-0.05, 0) is 51.0 Å². The monoisotopic (exact) mass is 356 g/mol. The summed E-state index contributed by atoms with van der Waals surface area (Å²) in [5, 5.41) is 0. The van der Waals surface area contributed by atoms with E-state index in [9.17, 15) is 4.79 Å². The Morgan fingerprint density at radius 2 is 2.31 bits per heavy atom. The Morgan fingerprint density at radius 1 is 1.62 bits per heavy atom. The average molecular weight is 357 g/mol. The molecular weight excluding hydrogens is 347 g/mol. The molecule has 0 aliphatic heterocycles. The number of aryl methyl sites for hydroxylation is 1. The van der Waals surface area contributed by atoms with Gasteiger partial charge in [-0.1, -0.05) is 13.3 Å². The highest BCUT2D eigenvalue weighted by Crippen LogP contribution is 2.16. The van der Waals surface area contributed by atoms with Crippen LogP contribution in [-0.2, 0) is 6.42 Å². The molecule has 0 aliphatic carbocycles. The van der Waals surface area contributed by atoms with Crippen molar-refractivity contribution in [3.8, 4) is 0 Å². The molecule has 0 unspecified atom stereocenters. The van der Waals surface area contributed by atoms with Gasteiger partial charge in [0.1, 0.15) is 10.2 Å². The molecule has 0 amide bonds. The van der Waals surface area contributed by atoms with Gasteiger partial charge in [-0.15, -0.1) is 0 Å². The van der Waals surface area contributed by atoms with E-state index in [1.807, 2.05) is 0 Å². The number of hydrogen-bond acceptors (Lipinski definition) is 2. The molecular formula is C9H10BrIO2. The van der Waals surface area contributed by atoms with Gasteiger partial charge in [-0.3, -0.25) is 0 Å². The van der Waals surface area contributed by atoms with Crippen LogP contribution in [-0.4, -0.2) is 0 Å². The second-order valence-corrected chi connectivity index (χ2v) is 4.77. The largest absolute Gasteiger partial charge is 0.426 e. The molecule has 0 saturated carbocycles. The zero-order valence-electron chi connectivity index (χ0n) is 7.27. The predicted octanol–water partition coefficient (Wildman–Crippen LogP) is 3.35. The lowest BCUT2D eigenvalue weighted by Gasteiger charge is -2.01. The van der Waals surface area contributed by atoms with Crippen LogP contribution >= 0.6 is 38.5 Å². The van der Waals surface area contributed by atoms with Crippen molar-refractivity contribution in [3.05, 3.63) is 30.3 Å². The summed E-state index contributed by atoms with van der Waals surface area (Å²) in [5.74, 6) is 0.802. The van der Waals surface area contributed by atoms with Crippen LogP contribution in [0.5, 0.6) is 0 Å². The van der Waals surface area contributed by atoms with Crippen LogP contribution in [0.25, 0.3) is 0 Å². The third kappa shape index (κ3) is 3.09. The van der Waals surface area contributed by atoms with Gasteiger partial charge in [-0.2, -0.15) is 0 Å². The minimum atomic E-state index is -0.286. The van der Waals surface area contributed by atoms with E-state index in [0.29, 0.717) is 4.47 Å². The van der Waals surface area contributed by atoms with Gasteiger partial charge in [0, 0.05) is 6.42 Å². The van der Waals surface area contributed by atoms with Crippen molar-refractivity contribution in [2.45, 2.75) is 26.2 Å². The molecule has 0 aromatic carbocycles. The lowest BCUT2D eigenvalue weighted by Crippen LogP contribution is -2.04. The first-order valence-corrected chi connectivity index (χ1v) is 6.00. The zero-order chi connectivity index (χ0) is 9.84. The van der Waals surface area contributed by atoms with Gasteiger partial charge >= 0.3 is 5.63 Å². The fraction of sp³-hybridized carbons (Fsp3) is 0.444. The molecule has 13 heavy (non-hydrogen) atoms. The minimum Gasteiger partial charge on any atom is -0.426 e. The highest BCUT2D eigenvalue weighted by atomic mass is 127. The van der Waals surface area contributed by atoms with Gasteiger partial charge < -0.3 is 4.42 Å². The Bertz CT molecular complexity index is 346. The predicted molar refractivity (Wildman–Crippen MR) is 64.0 cm³/mol. The van der Waals surface area contributed by atoms with Gasteiger partial charge in [0.15, 0.2) is 0 Å². The van der Waals surface area contributed by atoms with E-state index in [1.54, 1.807) is 6.07 Å². The van der Waals surface area contributed by atoms with E-state index in [4.69, 9.17) is 4.42 Å². The summed E-state index contributed by atoms with van der Waals surface area (Å²) in [6, 6.07) is 1.80. The van der Waals surface area contributed by atoms with E-state index in [0.717, 1.165) is 28.6 Å². The standard InChI is InChI=1S/C9H10BrIO2/c1-2-3-4-8-7(11)5-6(10)9(12)13-8/h5H,2-4H2,1H3. The highest BCUT2D eigenvalue weighted by Gasteiger charge is 2.06. The third-order valence-corrected chi connectivity index (χ3v) is 3.15. The molecule has 1 aromatic rings. The minimum absolute atomic E-state index is 0.286. The first-order chi connectivity index (χ1) is 6.15. The summed E-state index contributed by atoms with van der Waals surface area (Å²) in [6.07, 6.45) is 3.01. The van der Waals surface area contributed by atoms with Gasteiger partial charge in [0.25, 0.3) is 0 Å². The van der Waals surface area contributed by atoms with E-state index >= 15 is 0 Å². The molecule has 0 radical (unpaired) electrons. The molecule has 0 fully saturated rings. The van der Waals surface area contributed by atoms with Gasteiger partial charge in [0.05, 0.1) is 3.57 Å². The Kier molecular flexibility index (Phi) is 4.45. The SMILES string of the molecule is CCCCc1oc(=O)c(Br)cc1I. The summed E-state index contributed by atoms with van der Waals surface area (Å²) in [5.41, 5.74) is -0.286. The first kappa shape index (κ1) is 11.2. The summed E-state index contributed by atoms with van der Waals surface area (Å²) >= 11 is 5.32. The quantitative estimate of drug-likeness (QED) is 0.777. The normalized spacial score (nSPS) is 10.4. The maximum Gasteiger partial charge on any atom is 0.350 e. The lowest BCUT2D eigenvalue weighted by atomic mass is 10.2. The number of rotatable bonds is 3. The Labute approximate surface area is 99.0 Å². The average Bonchev–Trinajstić information content (AvgIpc) is 2.09. The maximum atomic E-state index is 11.1. The van der Waals surface area contributed by atoms with Crippen LogP contribution in [0, 0.1) is 3.57 Å². The van der Waals surface area contributed by atoms with Crippen LogP contribution in [0.2, 0.25) is 0 Å². The molecule has 1 heterocycles. The van der Waals surface area contributed by atoms with E-state index < -0.39 is 0 Å². The number of halogens is 2. The van der Waals surface area contributed by atoms with Crippen molar-refractivity contribution in [3.63, 3.8) is 0 Å². The smallest absolute Gasteiger partial charge is 0.350 e. The maximum absolute atomic E-state index is 11.1. The van der Waals surface area contributed by atoms with Crippen LogP contribution in [0.1, 0.15) is 25.5 Å². The lowest BCUT2D eigenvalue weighted by molar-refractivity contribution is 0.445. The summed E-state index contributed by atoms with van der Waals surface area (Å²) < 4.78 is 6.64. The van der Waals surface area contributed by atoms with Crippen LogP contribution in [0.3, 0.4) is 0 Å². The van der Waals surface area contributed by atoms with Crippen molar-refractivity contribution in [2.24, 2.45) is 0 Å². The highest BCUT2D eigenvalue weighted by molar-refractivity contribution is 14.1. The molecule has 2 nitrogen and oxygen atoms in total. The fourth-order valence-electron chi connectivity index (χ4n) is 0.968. The number of unbranched alkanes of at least 4 members (excludes halogenated alkanes) is 1. The molecule has 1 aromatic heterocycles. The van der Waals surface area contributed by atoms with Crippen molar-refractivity contribution in [2.75, 3.05) is 0 Å². The van der Waals surface area contributed by atoms with Crippen molar-refractivity contribution in [1.82, 2.24) is 0 Å². The van der Waals surface area contributed by atoms with E-state index in [2.05, 4.69) is 45.4 Å². The summed E-state index contributed by atoms with van der Waals surface area (Å²) in [6.45, 7) is 2.11. The van der Waals surface area contributed by atoms with Gasteiger partial charge in [0.2, 0.25) is 0 Å². The number of hydrogen-bond donors (Lipinski definition) is 0. The molecule has 0 bridgehead atoms.